The first-order chi connectivity index (χ1) is 21.3. The molecule has 7 rings (SSSR count). The van der Waals surface area contributed by atoms with Gasteiger partial charge in [-0.1, -0.05) is 96.4 Å². The van der Waals surface area contributed by atoms with Gasteiger partial charge >= 0.3 is 0 Å². The lowest BCUT2D eigenvalue weighted by Crippen LogP contribution is -2.41. The number of hydrogen-bond acceptors (Lipinski definition) is 4. The van der Waals surface area contributed by atoms with Gasteiger partial charge in [-0.05, 0) is 53.3 Å². The second-order valence-electron chi connectivity index (χ2n) is 12.0. The molecule has 224 valence electrons. The lowest BCUT2D eigenvalue weighted by Gasteiger charge is -2.31. The molecule has 44 heavy (non-hydrogen) atoms. The van der Waals surface area contributed by atoms with Crippen LogP contribution in [0, 0.1) is 0 Å². The summed E-state index contributed by atoms with van der Waals surface area (Å²) in [6.45, 7) is 5.07. The van der Waals surface area contributed by atoms with Gasteiger partial charge in [-0.3, -0.25) is 29.0 Å². The van der Waals surface area contributed by atoms with Crippen LogP contribution in [0.4, 0.5) is 0 Å². The van der Waals surface area contributed by atoms with E-state index in [2.05, 4.69) is 45.7 Å². The smallest absolute Gasteiger partial charge is 0.261 e. The average Bonchev–Trinajstić information content (AvgIpc) is 3.01. The van der Waals surface area contributed by atoms with Crippen LogP contribution in [0.2, 0.25) is 0 Å². The van der Waals surface area contributed by atoms with Gasteiger partial charge in [0.1, 0.15) is 0 Å². The van der Waals surface area contributed by atoms with Crippen molar-refractivity contribution in [1.29, 1.82) is 0 Å². The van der Waals surface area contributed by atoms with Crippen molar-refractivity contribution in [1.82, 2.24) is 9.80 Å². The standard InChI is InChI=1S/C36H32Br2N2O4/c1-3-5-7-9-15-39-33(41)21-13-11-19-27-20(12-14-22(28(21)27)34(39)42)31-26(38)18-24-29-23(17-25(37)30(19)32(29)31)35(43)40(36(24)44)16-10-8-6-4-2/h11-14,17-18H,3-10,15-16H2,1-2H3. The molecule has 0 atom stereocenters. The van der Waals surface area contributed by atoms with Crippen LogP contribution in [-0.4, -0.2) is 46.5 Å². The highest BCUT2D eigenvalue weighted by Crippen LogP contribution is 2.50. The molecule has 0 unspecified atom stereocenters. The molecular formula is C36H32Br2N2O4. The highest BCUT2D eigenvalue weighted by atomic mass is 79.9. The quantitative estimate of drug-likeness (QED) is 0.0625. The van der Waals surface area contributed by atoms with Crippen molar-refractivity contribution in [3.63, 3.8) is 0 Å². The fourth-order valence-corrected chi connectivity index (χ4v) is 8.55. The Bertz CT molecular complexity index is 1940. The predicted octanol–water partition coefficient (Wildman–Crippen LogP) is 9.61. The summed E-state index contributed by atoms with van der Waals surface area (Å²) >= 11 is 7.59. The van der Waals surface area contributed by atoms with Crippen LogP contribution in [0.3, 0.4) is 0 Å². The summed E-state index contributed by atoms with van der Waals surface area (Å²) in [6, 6.07) is 11.2. The molecule has 5 aromatic rings. The first-order valence-electron chi connectivity index (χ1n) is 15.6. The summed E-state index contributed by atoms with van der Waals surface area (Å²) in [6.07, 6.45) is 7.79. The van der Waals surface area contributed by atoms with Gasteiger partial charge in [-0.2, -0.15) is 0 Å². The summed E-state index contributed by atoms with van der Waals surface area (Å²) in [5.74, 6) is -1.06. The average molecular weight is 716 g/mol. The van der Waals surface area contributed by atoms with Gasteiger partial charge in [-0.15, -0.1) is 0 Å². The zero-order valence-corrected chi connectivity index (χ0v) is 28.0. The highest BCUT2D eigenvalue weighted by molar-refractivity contribution is 9.11. The van der Waals surface area contributed by atoms with E-state index in [0.717, 1.165) is 92.6 Å². The summed E-state index contributed by atoms with van der Waals surface area (Å²) in [5, 5.41) is 6.45. The number of benzene rings is 5. The maximum Gasteiger partial charge on any atom is 0.261 e. The molecule has 0 radical (unpaired) electrons. The molecule has 5 aromatic carbocycles. The summed E-state index contributed by atoms with van der Waals surface area (Å²) in [4.78, 5) is 57.9. The van der Waals surface area contributed by atoms with E-state index in [0.29, 0.717) is 46.1 Å². The van der Waals surface area contributed by atoms with Crippen LogP contribution in [0.5, 0.6) is 0 Å². The van der Waals surface area contributed by atoms with Crippen LogP contribution in [0.25, 0.3) is 43.1 Å². The fraction of sp³-hybridized carbons (Fsp3) is 0.333. The topological polar surface area (TPSA) is 74.8 Å². The largest absolute Gasteiger partial charge is 0.274 e. The van der Waals surface area contributed by atoms with E-state index in [1.54, 1.807) is 0 Å². The van der Waals surface area contributed by atoms with Crippen molar-refractivity contribution in [2.45, 2.75) is 65.2 Å². The third-order valence-corrected chi connectivity index (χ3v) is 10.6. The number of nitrogens with zero attached hydrogens (tertiary/aromatic N) is 2. The van der Waals surface area contributed by atoms with Gasteiger partial charge in [-0.25, -0.2) is 0 Å². The molecule has 4 amide bonds. The number of halogens is 2. The molecule has 2 aliphatic heterocycles. The normalized spacial score (nSPS) is 14.9. The van der Waals surface area contributed by atoms with Crippen molar-refractivity contribution in [3.8, 4) is 0 Å². The van der Waals surface area contributed by atoms with Crippen LogP contribution in [-0.2, 0) is 0 Å². The van der Waals surface area contributed by atoms with E-state index in [1.165, 1.54) is 9.80 Å². The van der Waals surface area contributed by atoms with Crippen molar-refractivity contribution in [2.75, 3.05) is 13.1 Å². The minimum absolute atomic E-state index is 0.257. The Morgan fingerprint density at radius 2 is 0.886 bits per heavy atom. The summed E-state index contributed by atoms with van der Waals surface area (Å²) in [5.41, 5.74) is 2.07. The molecule has 0 aromatic heterocycles. The number of amides is 4. The third-order valence-electron chi connectivity index (χ3n) is 9.38. The van der Waals surface area contributed by atoms with E-state index in [-0.39, 0.29) is 23.6 Å². The number of rotatable bonds is 10. The van der Waals surface area contributed by atoms with Crippen molar-refractivity contribution in [3.05, 3.63) is 67.6 Å². The minimum Gasteiger partial charge on any atom is -0.274 e. The monoisotopic (exact) mass is 714 g/mol. The Kier molecular flexibility index (Phi) is 7.48. The minimum atomic E-state index is -0.272. The molecule has 0 saturated carbocycles. The zero-order chi connectivity index (χ0) is 30.9. The first kappa shape index (κ1) is 29.4. The molecule has 6 nitrogen and oxygen atoms in total. The van der Waals surface area contributed by atoms with Gasteiger partial charge in [0.25, 0.3) is 23.6 Å². The number of unbranched alkanes of at least 4 members (excludes halogenated alkanes) is 6. The Morgan fingerprint density at radius 1 is 0.477 bits per heavy atom. The summed E-state index contributed by atoms with van der Waals surface area (Å²) in [7, 11) is 0. The van der Waals surface area contributed by atoms with Gasteiger partial charge in [0.2, 0.25) is 0 Å². The maximum atomic E-state index is 13.8. The van der Waals surface area contributed by atoms with Gasteiger partial charge in [0.15, 0.2) is 0 Å². The first-order valence-corrected chi connectivity index (χ1v) is 17.2. The van der Waals surface area contributed by atoms with Crippen molar-refractivity contribution in [2.24, 2.45) is 0 Å². The molecule has 0 fully saturated rings. The van der Waals surface area contributed by atoms with Crippen LogP contribution in [0.15, 0.2) is 45.3 Å². The van der Waals surface area contributed by atoms with Crippen LogP contribution >= 0.6 is 31.9 Å². The van der Waals surface area contributed by atoms with Crippen molar-refractivity contribution < 1.29 is 19.2 Å². The number of imide groups is 2. The second-order valence-corrected chi connectivity index (χ2v) is 13.7. The lowest BCUT2D eigenvalue weighted by atomic mass is 9.82. The molecular weight excluding hydrogens is 684 g/mol. The van der Waals surface area contributed by atoms with Gasteiger partial charge < -0.3 is 0 Å². The number of fused-ring (bicyclic) bond motifs is 2. The molecule has 0 aliphatic carbocycles. The van der Waals surface area contributed by atoms with Crippen molar-refractivity contribution >= 4 is 98.6 Å². The van der Waals surface area contributed by atoms with Crippen LogP contribution < -0.4 is 0 Å². The third kappa shape index (κ3) is 4.17. The molecule has 0 spiro atoms. The van der Waals surface area contributed by atoms with Gasteiger partial charge in [0, 0.05) is 71.2 Å². The Labute approximate surface area is 272 Å². The fourth-order valence-electron chi connectivity index (χ4n) is 7.27. The van der Waals surface area contributed by atoms with E-state index >= 15 is 0 Å². The Morgan fingerprint density at radius 3 is 1.32 bits per heavy atom. The lowest BCUT2D eigenvalue weighted by molar-refractivity contribution is 0.0592. The molecule has 2 aliphatic rings. The van der Waals surface area contributed by atoms with E-state index < -0.39 is 0 Å². The Balaban J connectivity index is 1.46. The molecule has 8 heteroatoms. The molecule has 0 saturated heterocycles. The van der Waals surface area contributed by atoms with Gasteiger partial charge in [0.05, 0.1) is 0 Å². The molecule has 2 heterocycles. The number of hydrogen-bond donors (Lipinski definition) is 0. The van der Waals surface area contributed by atoms with E-state index in [1.807, 2.05) is 36.4 Å². The highest BCUT2D eigenvalue weighted by Gasteiger charge is 2.37. The number of carbonyl (C=O) groups is 4. The van der Waals surface area contributed by atoms with E-state index in [9.17, 15) is 19.2 Å². The maximum absolute atomic E-state index is 13.8. The molecule has 0 bridgehead atoms. The van der Waals surface area contributed by atoms with E-state index in [4.69, 9.17) is 0 Å². The molecule has 0 N–H and O–H groups in total. The predicted molar refractivity (Wildman–Crippen MR) is 182 cm³/mol. The zero-order valence-electron chi connectivity index (χ0n) is 24.8. The Hall–Kier alpha value is -3.36. The number of carbonyl (C=O) groups excluding carboxylic acids is 4. The summed E-state index contributed by atoms with van der Waals surface area (Å²) < 4.78 is 1.47. The SMILES string of the molecule is CCCCCCN1C(=O)c2ccc3c4c(Br)cc5c6c(cc(Br)c(c7ccc(c2c37)C1=O)c64)C(=O)N(CCCCCC)C5=O. The van der Waals surface area contributed by atoms with Crippen LogP contribution in [0.1, 0.15) is 107 Å². The second kappa shape index (κ2) is 11.2.